The number of hydrogen-bond acceptors (Lipinski definition) is 7. The molecule has 7 nitrogen and oxygen atoms in total. The van der Waals surface area contributed by atoms with Crippen LogP contribution in [-0.2, 0) is 11.3 Å². The standard InChI is InChI=1S/C19H16Cl2N6OS2/c1-2-27-17(16-15(22)13-4-3-5-23-18(13)30-16)25-26-19(27)29-9-14(28)24-12-7-10(20)6-11(21)8-12/h3-8H,2,9,22H2,1H3,(H,24,28). The summed E-state index contributed by atoms with van der Waals surface area (Å²) in [4.78, 5) is 18.4. The van der Waals surface area contributed by atoms with Gasteiger partial charge in [-0.15, -0.1) is 21.5 Å². The maximum atomic E-state index is 12.4. The first-order valence-corrected chi connectivity index (χ1v) is 11.5. The van der Waals surface area contributed by atoms with Crippen LogP contribution in [0.5, 0.6) is 0 Å². The van der Waals surface area contributed by atoms with Crippen LogP contribution in [0.4, 0.5) is 11.4 Å². The molecule has 0 saturated carbocycles. The highest BCUT2D eigenvalue weighted by atomic mass is 35.5. The number of benzene rings is 1. The third-order valence-electron chi connectivity index (χ3n) is 4.22. The molecule has 0 unspecified atom stereocenters. The van der Waals surface area contributed by atoms with Gasteiger partial charge in [0, 0.05) is 33.9 Å². The van der Waals surface area contributed by atoms with Crippen molar-refractivity contribution in [2.75, 3.05) is 16.8 Å². The number of aromatic nitrogens is 4. The van der Waals surface area contributed by atoms with Crippen LogP contribution >= 0.6 is 46.3 Å². The molecule has 0 fully saturated rings. The lowest BCUT2D eigenvalue weighted by Gasteiger charge is -2.08. The zero-order valence-electron chi connectivity index (χ0n) is 15.7. The predicted octanol–water partition coefficient (Wildman–Crippen LogP) is 5.19. The fraction of sp³-hybridized carbons (Fsp3) is 0.158. The minimum Gasteiger partial charge on any atom is -0.397 e. The van der Waals surface area contributed by atoms with Crippen LogP contribution in [0.15, 0.2) is 41.7 Å². The van der Waals surface area contributed by atoms with Gasteiger partial charge in [0.2, 0.25) is 5.91 Å². The average Bonchev–Trinajstić information content (AvgIpc) is 3.26. The smallest absolute Gasteiger partial charge is 0.234 e. The first-order valence-electron chi connectivity index (χ1n) is 8.91. The Hall–Kier alpha value is -2.33. The average molecular weight is 479 g/mol. The highest BCUT2D eigenvalue weighted by Crippen LogP contribution is 2.39. The lowest BCUT2D eigenvalue weighted by Crippen LogP contribution is -2.14. The number of thioether (sulfide) groups is 1. The van der Waals surface area contributed by atoms with Gasteiger partial charge in [0.25, 0.3) is 0 Å². The molecular weight excluding hydrogens is 463 g/mol. The van der Waals surface area contributed by atoms with Gasteiger partial charge in [0.05, 0.1) is 16.3 Å². The Morgan fingerprint density at radius 1 is 1.27 bits per heavy atom. The van der Waals surface area contributed by atoms with E-state index in [1.807, 2.05) is 23.6 Å². The van der Waals surface area contributed by atoms with Crippen molar-refractivity contribution in [1.29, 1.82) is 0 Å². The van der Waals surface area contributed by atoms with Crippen molar-refractivity contribution in [1.82, 2.24) is 19.7 Å². The van der Waals surface area contributed by atoms with E-state index >= 15 is 0 Å². The van der Waals surface area contributed by atoms with E-state index in [0.717, 1.165) is 15.1 Å². The number of rotatable bonds is 6. The van der Waals surface area contributed by atoms with Gasteiger partial charge in [0.1, 0.15) is 4.83 Å². The number of nitrogens with one attached hydrogen (secondary N) is 1. The van der Waals surface area contributed by atoms with Crippen LogP contribution in [0.25, 0.3) is 20.9 Å². The number of anilines is 2. The van der Waals surface area contributed by atoms with Gasteiger partial charge in [-0.25, -0.2) is 4.98 Å². The number of hydrogen-bond donors (Lipinski definition) is 2. The second-order valence-corrected chi connectivity index (χ2v) is 9.06. The van der Waals surface area contributed by atoms with Gasteiger partial charge < -0.3 is 15.6 Å². The Labute approximate surface area is 190 Å². The number of nitrogen functional groups attached to an aromatic ring is 1. The molecule has 0 aliphatic rings. The lowest BCUT2D eigenvalue weighted by molar-refractivity contribution is -0.113. The number of nitrogens with two attached hydrogens (primary N) is 1. The summed E-state index contributed by atoms with van der Waals surface area (Å²) in [5.41, 5.74) is 7.51. The summed E-state index contributed by atoms with van der Waals surface area (Å²) in [5.74, 6) is 0.629. The predicted molar refractivity (Wildman–Crippen MR) is 125 cm³/mol. The van der Waals surface area contributed by atoms with Gasteiger partial charge in [-0.3, -0.25) is 4.79 Å². The van der Waals surface area contributed by atoms with Gasteiger partial charge in [-0.1, -0.05) is 35.0 Å². The fourth-order valence-electron chi connectivity index (χ4n) is 2.92. The molecule has 154 valence electrons. The third kappa shape index (κ3) is 4.24. The summed E-state index contributed by atoms with van der Waals surface area (Å²) in [6.07, 6.45) is 1.74. The van der Waals surface area contributed by atoms with Crippen molar-refractivity contribution in [2.24, 2.45) is 0 Å². The molecule has 3 heterocycles. The highest BCUT2D eigenvalue weighted by molar-refractivity contribution is 7.99. The monoisotopic (exact) mass is 478 g/mol. The minimum atomic E-state index is -0.198. The molecule has 1 aromatic carbocycles. The third-order valence-corrected chi connectivity index (χ3v) is 6.75. The van der Waals surface area contributed by atoms with E-state index in [4.69, 9.17) is 28.9 Å². The molecule has 0 spiro atoms. The maximum Gasteiger partial charge on any atom is 0.234 e. The summed E-state index contributed by atoms with van der Waals surface area (Å²) in [6.45, 7) is 2.63. The molecular formula is C19H16Cl2N6OS2. The summed E-state index contributed by atoms with van der Waals surface area (Å²) in [5, 5.41) is 13.8. The van der Waals surface area contributed by atoms with Crippen molar-refractivity contribution in [3.8, 4) is 10.7 Å². The number of carbonyl (C=O) groups excluding carboxylic acids is 1. The largest absolute Gasteiger partial charge is 0.397 e. The van der Waals surface area contributed by atoms with Crippen LogP contribution in [0, 0.1) is 0 Å². The summed E-state index contributed by atoms with van der Waals surface area (Å²) < 4.78 is 1.94. The zero-order valence-corrected chi connectivity index (χ0v) is 18.9. The van der Waals surface area contributed by atoms with Crippen molar-refractivity contribution in [3.63, 3.8) is 0 Å². The number of halogens is 2. The van der Waals surface area contributed by atoms with E-state index in [1.165, 1.54) is 23.1 Å². The molecule has 0 bridgehead atoms. The Morgan fingerprint density at radius 3 is 2.73 bits per heavy atom. The second kappa shape index (κ2) is 8.81. The molecule has 11 heteroatoms. The van der Waals surface area contributed by atoms with Crippen LogP contribution in [-0.4, -0.2) is 31.4 Å². The molecule has 1 amide bonds. The normalized spacial score (nSPS) is 11.2. The molecule has 0 atom stereocenters. The van der Waals surface area contributed by atoms with Gasteiger partial charge >= 0.3 is 0 Å². The van der Waals surface area contributed by atoms with Gasteiger partial charge in [0.15, 0.2) is 11.0 Å². The Bertz CT molecular complexity index is 1220. The summed E-state index contributed by atoms with van der Waals surface area (Å²) in [6, 6.07) is 8.68. The van der Waals surface area contributed by atoms with Crippen molar-refractivity contribution >= 4 is 73.8 Å². The molecule has 0 aliphatic carbocycles. The Balaban J connectivity index is 1.52. The topological polar surface area (TPSA) is 98.7 Å². The number of thiophene rings is 1. The number of amides is 1. The van der Waals surface area contributed by atoms with Gasteiger partial charge in [-0.05, 0) is 37.3 Å². The minimum absolute atomic E-state index is 0.158. The first kappa shape index (κ1) is 20.9. The number of pyridine rings is 1. The Morgan fingerprint density at radius 2 is 2.03 bits per heavy atom. The number of nitrogens with zero attached hydrogens (tertiary/aromatic N) is 4. The van der Waals surface area contributed by atoms with E-state index in [2.05, 4.69) is 20.5 Å². The van der Waals surface area contributed by atoms with Crippen LogP contribution in [0.2, 0.25) is 10.0 Å². The molecule has 30 heavy (non-hydrogen) atoms. The van der Waals surface area contributed by atoms with E-state index in [9.17, 15) is 4.79 Å². The molecule has 3 aromatic heterocycles. The van der Waals surface area contributed by atoms with Crippen molar-refractivity contribution < 1.29 is 4.79 Å². The van der Waals surface area contributed by atoms with E-state index in [1.54, 1.807) is 24.4 Å². The van der Waals surface area contributed by atoms with Gasteiger partial charge in [-0.2, -0.15) is 0 Å². The molecule has 0 saturated heterocycles. The summed E-state index contributed by atoms with van der Waals surface area (Å²) in [7, 11) is 0. The van der Waals surface area contributed by atoms with E-state index in [0.29, 0.717) is 38.9 Å². The molecule has 4 rings (SSSR count). The second-order valence-electron chi connectivity index (χ2n) is 6.25. The Kier molecular flexibility index (Phi) is 6.14. The molecule has 0 aliphatic heterocycles. The fourth-order valence-corrected chi connectivity index (χ4v) is 5.30. The first-order chi connectivity index (χ1) is 14.5. The van der Waals surface area contributed by atoms with Crippen molar-refractivity contribution in [3.05, 3.63) is 46.6 Å². The molecule has 4 aromatic rings. The van der Waals surface area contributed by atoms with Crippen LogP contribution < -0.4 is 11.1 Å². The number of carbonyl (C=O) groups is 1. The zero-order chi connectivity index (χ0) is 21.3. The van der Waals surface area contributed by atoms with Crippen LogP contribution in [0.3, 0.4) is 0 Å². The summed E-state index contributed by atoms with van der Waals surface area (Å²) >= 11 is 14.7. The lowest BCUT2D eigenvalue weighted by atomic mass is 10.2. The van der Waals surface area contributed by atoms with E-state index < -0.39 is 0 Å². The van der Waals surface area contributed by atoms with E-state index in [-0.39, 0.29) is 11.7 Å². The van der Waals surface area contributed by atoms with Crippen LogP contribution in [0.1, 0.15) is 6.92 Å². The molecule has 0 radical (unpaired) electrons. The molecule has 3 N–H and O–H groups in total. The quantitative estimate of drug-likeness (QED) is 0.369. The SMILES string of the molecule is CCn1c(SCC(=O)Nc2cc(Cl)cc(Cl)c2)nnc1-c1sc2ncccc2c1N. The van der Waals surface area contributed by atoms with Crippen molar-refractivity contribution in [2.45, 2.75) is 18.6 Å². The maximum absolute atomic E-state index is 12.4. The number of fused-ring (bicyclic) bond motifs is 1. The highest BCUT2D eigenvalue weighted by Gasteiger charge is 2.20.